The van der Waals surface area contributed by atoms with Gasteiger partial charge in [-0.1, -0.05) is 0 Å². The van der Waals surface area contributed by atoms with E-state index in [1.165, 1.54) is 23.9 Å². The Kier molecular flexibility index (Phi) is 5.04. The first-order valence-electron chi connectivity index (χ1n) is 6.19. The van der Waals surface area contributed by atoms with E-state index in [9.17, 15) is 9.18 Å². The van der Waals surface area contributed by atoms with Gasteiger partial charge in [0.25, 0.3) is 0 Å². The lowest BCUT2D eigenvalue weighted by atomic mass is 10.1. The summed E-state index contributed by atoms with van der Waals surface area (Å²) < 4.78 is 18.3. The first-order valence-corrected chi connectivity index (χ1v) is 7.18. The third kappa shape index (κ3) is 4.72. The van der Waals surface area contributed by atoms with Crippen LogP contribution >= 0.6 is 11.8 Å². The zero-order valence-electron chi connectivity index (χ0n) is 10.5. The van der Waals surface area contributed by atoms with Gasteiger partial charge in [0.05, 0.1) is 5.75 Å². The Hall–Kier alpha value is -1.27. The second-order valence-corrected chi connectivity index (χ2v) is 5.51. The molecule has 0 spiro atoms. The topological polar surface area (TPSA) is 64.4 Å². The lowest BCUT2D eigenvalue weighted by Crippen LogP contribution is -2.39. The van der Waals surface area contributed by atoms with E-state index in [1.54, 1.807) is 6.07 Å². The molecule has 1 saturated heterocycles. The van der Waals surface area contributed by atoms with E-state index in [-0.39, 0.29) is 23.5 Å². The second-order valence-electron chi connectivity index (χ2n) is 4.46. The minimum atomic E-state index is -0.382. The summed E-state index contributed by atoms with van der Waals surface area (Å²) in [6.45, 7) is 1.39. The zero-order chi connectivity index (χ0) is 13.7. The summed E-state index contributed by atoms with van der Waals surface area (Å²) in [5.41, 5.74) is 5.92. The monoisotopic (exact) mass is 284 g/mol. The minimum Gasteiger partial charge on any atom is -0.399 e. The third-order valence-corrected chi connectivity index (χ3v) is 3.83. The molecule has 1 fully saturated rings. The summed E-state index contributed by atoms with van der Waals surface area (Å²) in [5, 5.41) is 2.95. The van der Waals surface area contributed by atoms with Crippen LogP contribution in [0.1, 0.15) is 12.8 Å². The molecule has 0 aromatic heterocycles. The van der Waals surface area contributed by atoms with Crippen LogP contribution in [0.5, 0.6) is 0 Å². The van der Waals surface area contributed by atoms with Crippen LogP contribution < -0.4 is 11.1 Å². The molecule has 1 aliphatic rings. The van der Waals surface area contributed by atoms with Gasteiger partial charge in [-0.2, -0.15) is 0 Å². The molecule has 0 bridgehead atoms. The smallest absolute Gasteiger partial charge is 0.230 e. The molecule has 0 saturated carbocycles. The highest BCUT2D eigenvalue weighted by Crippen LogP contribution is 2.22. The Morgan fingerprint density at radius 2 is 2.16 bits per heavy atom. The SMILES string of the molecule is Nc1cc(F)cc(SCC(=O)NC2CCOCC2)c1. The molecule has 0 radical (unpaired) electrons. The van der Waals surface area contributed by atoms with Crippen molar-refractivity contribution in [2.24, 2.45) is 0 Å². The van der Waals surface area contributed by atoms with Crippen LogP contribution in [0.3, 0.4) is 0 Å². The van der Waals surface area contributed by atoms with Crippen molar-refractivity contribution >= 4 is 23.4 Å². The molecule has 1 amide bonds. The van der Waals surface area contributed by atoms with E-state index < -0.39 is 0 Å². The maximum atomic E-state index is 13.1. The fraction of sp³-hybridized carbons (Fsp3) is 0.462. The van der Waals surface area contributed by atoms with E-state index in [1.807, 2.05) is 0 Å². The maximum Gasteiger partial charge on any atom is 0.230 e. The molecule has 6 heteroatoms. The van der Waals surface area contributed by atoms with Crippen molar-refractivity contribution < 1.29 is 13.9 Å². The molecule has 19 heavy (non-hydrogen) atoms. The summed E-state index contributed by atoms with van der Waals surface area (Å²) in [5.74, 6) is -0.160. The summed E-state index contributed by atoms with van der Waals surface area (Å²) >= 11 is 1.28. The average Bonchev–Trinajstić information content (AvgIpc) is 2.36. The number of nitrogens with one attached hydrogen (secondary N) is 1. The number of benzene rings is 1. The van der Waals surface area contributed by atoms with E-state index in [4.69, 9.17) is 10.5 Å². The first kappa shape index (κ1) is 14.1. The lowest BCUT2D eigenvalue weighted by Gasteiger charge is -2.23. The number of nitrogens with two attached hydrogens (primary N) is 1. The Morgan fingerprint density at radius 3 is 2.84 bits per heavy atom. The molecule has 1 aromatic carbocycles. The number of nitrogen functional groups attached to an aromatic ring is 1. The standard InChI is InChI=1S/C13H17FN2O2S/c14-9-5-10(15)7-12(6-9)19-8-13(17)16-11-1-3-18-4-2-11/h5-7,11H,1-4,8,15H2,(H,16,17). The molecule has 4 nitrogen and oxygen atoms in total. The number of carbonyl (C=O) groups is 1. The Morgan fingerprint density at radius 1 is 1.42 bits per heavy atom. The molecule has 0 unspecified atom stereocenters. The number of carbonyl (C=O) groups excluding carboxylic acids is 1. The van der Waals surface area contributed by atoms with Crippen LogP contribution in [0, 0.1) is 5.82 Å². The molecule has 0 aliphatic carbocycles. The third-order valence-electron chi connectivity index (χ3n) is 2.85. The predicted molar refractivity (Wildman–Crippen MR) is 73.5 cm³/mol. The number of rotatable bonds is 4. The van der Waals surface area contributed by atoms with Gasteiger partial charge < -0.3 is 15.8 Å². The maximum absolute atomic E-state index is 13.1. The van der Waals surface area contributed by atoms with Crippen LogP contribution in [0.25, 0.3) is 0 Å². The highest BCUT2D eigenvalue weighted by atomic mass is 32.2. The van der Waals surface area contributed by atoms with Crippen LogP contribution in [0.15, 0.2) is 23.1 Å². The van der Waals surface area contributed by atoms with Gasteiger partial charge in [0.1, 0.15) is 5.82 Å². The van der Waals surface area contributed by atoms with E-state index in [0.29, 0.717) is 23.8 Å². The first-order chi connectivity index (χ1) is 9.13. The molecule has 2 rings (SSSR count). The summed E-state index contributed by atoms with van der Waals surface area (Å²) in [6, 6.07) is 4.49. The molecular weight excluding hydrogens is 267 g/mol. The number of anilines is 1. The number of hydrogen-bond acceptors (Lipinski definition) is 4. The molecule has 104 valence electrons. The van der Waals surface area contributed by atoms with Crippen molar-refractivity contribution in [2.75, 3.05) is 24.7 Å². The predicted octanol–water partition coefficient (Wildman–Crippen LogP) is 1.80. The van der Waals surface area contributed by atoms with Gasteiger partial charge in [0.2, 0.25) is 5.91 Å². The second kappa shape index (κ2) is 6.77. The van der Waals surface area contributed by atoms with Gasteiger partial charge in [-0.15, -0.1) is 11.8 Å². The minimum absolute atomic E-state index is 0.0419. The molecule has 1 aromatic rings. The van der Waals surface area contributed by atoms with Gasteiger partial charge >= 0.3 is 0 Å². The number of ether oxygens (including phenoxy) is 1. The fourth-order valence-corrected chi connectivity index (χ4v) is 2.72. The van der Waals surface area contributed by atoms with Crippen LogP contribution in [0.2, 0.25) is 0 Å². The van der Waals surface area contributed by atoms with E-state index in [2.05, 4.69) is 5.32 Å². The van der Waals surface area contributed by atoms with Crippen molar-refractivity contribution in [1.82, 2.24) is 5.32 Å². The lowest BCUT2D eigenvalue weighted by molar-refractivity contribution is -0.119. The van der Waals surface area contributed by atoms with Gasteiger partial charge in [-0.3, -0.25) is 4.79 Å². The highest BCUT2D eigenvalue weighted by Gasteiger charge is 2.16. The highest BCUT2D eigenvalue weighted by molar-refractivity contribution is 8.00. The van der Waals surface area contributed by atoms with Crippen molar-refractivity contribution in [2.45, 2.75) is 23.8 Å². The Balaban J connectivity index is 1.79. The molecule has 3 N–H and O–H groups in total. The van der Waals surface area contributed by atoms with E-state index in [0.717, 1.165) is 12.8 Å². The molecule has 1 aliphatic heterocycles. The largest absolute Gasteiger partial charge is 0.399 e. The Labute approximate surface area is 115 Å². The van der Waals surface area contributed by atoms with E-state index >= 15 is 0 Å². The van der Waals surface area contributed by atoms with Gasteiger partial charge in [0, 0.05) is 29.8 Å². The van der Waals surface area contributed by atoms with Crippen molar-refractivity contribution in [3.8, 4) is 0 Å². The van der Waals surface area contributed by atoms with Gasteiger partial charge in [0.15, 0.2) is 0 Å². The van der Waals surface area contributed by atoms with Gasteiger partial charge in [-0.05, 0) is 31.0 Å². The number of thioether (sulfide) groups is 1. The number of hydrogen-bond donors (Lipinski definition) is 2. The summed E-state index contributed by atoms with van der Waals surface area (Å²) in [6.07, 6.45) is 1.70. The molecular formula is C13H17FN2O2S. The average molecular weight is 284 g/mol. The summed E-state index contributed by atoms with van der Waals surface area (Å²) in [4.78, 5) is 12.4. The normalized spacial score (nSPS) is 16.3. The van der Waals surface area contributed by atoms with Crippen LogP contribution in [-0.4, -0.2) is 30.9 Å². The van der Waals surface area contributed by atoms with Crippen LogP contribution in [-0.2, 0) is 9.53 Å². The zero-order valence-corrected chi connectivity index (χ0v) is 11.3. The quantitative estimate of drug-likeness (QED) is 0.653. The van der Waals surface area contributed by atoms with Crippen molar-refractivity contribution in [1.29, 1.82) is 0 Å². The number of halogens is 1. The van der Waals surface area contributed by atoms with Gasteiger partial charge in [-0.25, -0.2) is 4.39 Å². The molecule has 1 heterocycles. The number of amides is 1. The summed E-state index contributed by atoms with van der Waals surface area (Å²) in [7, 11) is 0. The van der Waals surface area contributed by atoms with Crippen LogP contribution in [0.4, 0.5) is 10.1 Å². The van der Waals surface area contributed by atoms with Crippen molar-refractivity contribution in [3.63, 3.8) is 0 Å². The molecule has 0 atom stereocenters. The fourth-order valence-electron chi connectivity index (χ4n) is 1.93. The van der Waals surface area contributed by atoms with Crippen molar-refractivity contribution in [3.05, 3.63) is 24.0 Å². The Bertz CT molecular complexity index is 430.